The van der Waals surface area contributed by atoms with Crippen molar-refractivity contribution in [2.75, 3.05) is 55.6 Å². The summed E-state index contributed by atoms with van der Waals surface area (Å²) in [7, 11) is 0. The second kappa shape index (κ2) is 10.3. The van der Waals surface area contributed by atoms with Crippen molar-refractivity contribution in [3.8, 4) is 0 Å². The zero-order chi connectivity index (χ0) is 21.5. The summed E-state index contributed by atoms with van der Waals surface area (Å²) in [4.78, 5) is 31.2. The SMILES string of the molecule is CCN(CC)c1ccc(C(=O)NCC(=O)N2CCN(c3ccc(Cl)cc3)CC2)cc1. The Labute approximate surface area is 183 Å². The van der Waals surface area contributed by atoms with Crippen LogP contribution in [0.15, 0.2) is 48.5 Å². The third-order valence-corrected chi connectivity index (χ3v) is 5.73. The quantitative estimate of drug-likeness (QED) is 0.735. The maximum atomic E-state index is 12.5. The highest BCUT2D eigenvalue weighted by atomic mass is 35.5. The molecule has 0 atom stereocenters. The maximum absolute atomic E-state index is 12.5. The molecular weight excluding hydrogens is 400 g/mol. The van der Waals surface area contributed by atoms with E-state index in [1.807, 2.05) is 36.4 Å². The first-order valence-corrected chi connectivity index (χ1v) is 10.8. The van der Waals surface area contributed by atoms with E-state index in [1.54, 1.807) is 17.0 Å². The zero-order valence-corrected chi connectivity index (χ0v) is 18.4. The molecule has 0 unspecified atom stereocenters. The predicted octanol–water partition coefficient (Wildman–Crippen LogP) is 3.26. The van der Waals surface area contributed by atoms with Crippen molar-refractivity contribution in [2.24, 2.45) is 0 Å². The fraction of sp³-hybridized carbons (Fsp3) is 0.391. The Bertz CT molecular complexity index is 843. The lowest BCUT2D eigenvalue weighted by Crippen LogP contribution is -2.51. The highest BCUT2D eigenvalue weighted by molar-refractivity contribution is 6.30. The number of amides is 2. The Kier molecular flexibility index (Phi) is 7.57. The van der Waals surface area contributed by atoms with E-state index < -0.39 is 0 Å². The normalized spacial score (nSPS) is 13.8. The third kappa shape index (κ3) is 5.45. The van der Waals surface area contributed by atoms with Gasteiger partial charge < -0.3 is 20.0 Å². The highest BCUT2D eigenvalue weighted by Gasteiger charge is 2.21. The number of piperazine rings is 1. The molecule has 1 N–H and O–H groups in total. The summed E-state index contributed by atoms with van der Waals surface area (Å²) in [6.45, 7) is 8.84. The summed E-state index contributed by atoms with van der Waals surface area (Å²) < 4.78 is 0. The third-order valence-electron chi connectivity index (χ3n) is 5.48. The Hall–Kier alpha value is -2.73. The average molecular weight is 429 g/mol. The lowest BCUT2D eigenvalue weighted by atomic mass is 10.2. The van der Waals surface area contributed by atoms with Crippen molar-refractivity contribution < 1.29 is 9.59 Å². The van der Waals surface area contributed by atoms with Crippen molar-refractivity contribution in [2.45, 2.75) is 13.8 Å². The first-order chi connectivity index (χ1) is 14.5. The van der Waals surface area contributed by atoms with E-state index in [2.05, 4.69) is 29.0 Å². The van der Waals surface area contributed by atoms with E-state index >= 15 is 0 Å². The van der Waals surface area contributed by atoms with Gasteiger partial charge in [-0.3, -0.25) is 9.59 Å². The van der Waals surface area contributed by atoms with Crippen LogP contribution in [0.4, 0.5) is 11.4 Å². The Morgan fingerprint density at radius 2 is 1.53 bits per heavy atom. The highest BCUT2D eigenvalue weighted by Crippen LogP contribution is 2.19. The number of nitrogens with one attached hydrogen (secondary N) is 1. The summed E-state index contributed by atoms with van der Waals surface area (Å²) in [5, 5.41) is 3.46. The van der Waals surface area contributed by atoms with E-state index in [-0.39, 0.29) is 18.4 Å². The van der Waals surface area contributed by atoms with Crippen LogP contribution in [0.3, 0.4) is 0 Å². The van der Waals surface area contributed by atoms with E-state index in [9.17, 15) is 9.59 Å². The van der Waals surface area contributed by atoms with Crippen LogP contribution in [0.5, 0.6) is 0 Å². The van der Waals surface area contributed by atoms with Crippen molar-refractivity contribution in [3.05, 3.63) is 59.1 Å². The van der Waals surface area contributed by atoms with Gasteiger partial charge in [0.2, 0.25) is 5.91 Å². The number of hydrogen-bond donors (Lipinski definition) is 1. The van der Waals surface area contributed by atoms with Gasteiger partial charge in [-0.25, -0.2) is 0 Å². The molecule has 1 aliphatic heterocycles. The van der Waals surface area contributed by atoms with Crippen molar-refractivity contribution >= 4 is 34.8 Å². The molecule has 0 aliphatic carbocycles. The minimum absolute atomic E-state index is 0.0115. The van der Waals surface area contributed by atoms with Crippen LogP contribution in [-0.4, -0.2) is 62.5 Å². The molecule has 1 fully saturated rings. The van der Waals surface area contributed by atoms with E-state index in [0.717, 1.165) is 37.6 Å². The molecule has 6 nitrogen and oxygen atoms in total. The minimum atomic E-state index is -0.228. The van der Waals surface area contributed by atoms with Crippen LogP contribution in [0.25, 0.3) is 0 Å². The van der Waals surface area contributed by atoms with Crippen molar-refractivity contribution in [1.29, 1.82) is 0 Å². The molecule has 0 aromatic heterocycles. The van der Waals surface area contributed by atoms with Gasteiger partial charge in [0.1, 0.15) is 0 Å². The molecule has 0 radical (unpaired) electrons. The maximum Gasteiger partial charge on any atom is 0.251 e. The number of halogens is 1. The molecule has 1 saturated heterocycles. The van der Waals surface area contributed by atoms with Crippen LogP contribution in [-0.2, 0) is 4.79 Å². The van der Waals surface area contributed by atoms with Gasteiger partial charge >= 0.3 is 0 Å². The number of carbonyl (C=O) groups is 2. The summed E-state index contributed by atoms with van der Waals surface area (Å²) in [5.41, 5.74) is 2.76. The first-order valence-electron chi connectivity index (χ1n) is 10.4. The molecule has 1 aliphatic rings. The van der Waals surface area contributed by atoms with Gasteiger partial charge in [0.25, 0.3) is 5.91 Å². The Morgan fingerprint density at radius 3 is 2.10 bits per heavy atom. The number of hydrogen-bond acceptors (Lipinski definition) is 4. The lowest BCUT2D eigenvalue weighted by Gasteiger charge is -2.36. The number of rotatable bonds is 7. The van der Waals surface area contributed by atoms with E-state index in [4.69, 9.17) is 11.6 Å². The van der Waals surface area contributed by atoms with Gasteiger partial charge in [-0.05, 0) is 62.4 Å². The van der Waals surface area contributed by atoms with Crippen LogP contribution in [0.2, 0.25) is 5.02 Å². The molecular formula is C23H29ClN4O2. The minimum Gasteiger partial charge on any atom is -0.372 e. The van der Waals surface area contributed by atoms with Crippen LogP contribution < -0.4 is 15.1 Å². The fourth-order valence-corrected chi connectivity index (χ4v) is 3.77. The van der Waals surface area contributed by atoms with Crippen LogP contribution in [0.1, 0.15) is 24.2 Å². The van der Waals surface area contributed by atoms with Gasteiger partial charge in [-0.2, -0.15) is 0 Å². The number of carbonyl (C=O) groups excluding carboxylic acids is 2. The second-order valence-corrected chi connectivity index (χ2v) is 7.68. The van der Waals surface area contributed by atoms with E-state index in [1.165, 1.54) is 0 Å². The van der Waals surface area contributed by atoms with E-state index in [0.29, 0.717) is 23.7 Å². The average Bonchev–Trinajstić information content (AvgIpc) is 2.79. The molecule has 160 valence electrons. The largest absolute Gasteiger partial charge is 0.372 e. The summed E-state index contributed by atoms with van der Waals surface area (Å²) >= 11 is 5.95. The van der Waals surface area contributed by atoms with Gasteiger partial charge in [-0.15, -0.1) is 0 Å². The molecule has 2 aromatic rings. The molecule has 1 heterocycles. The summed E-state index contributed by atoms with van der Waals surface area (Å²) in [6, 6.07) is 15.2. The smallest absolute Gasteiger partial charge is 0.251 e. The van der Waals surface area contributed by atoms with Crippen LogP contribution >= 0.6 is 11.6 Å². The predicted molar refractivity (Wildman–Crippen MR) is 123 cm³/mol. The van der Waals surface area contributed by atoms with Gasteiger partial charge in [0, 0.05) is 61.2 Å². The Morgan fingerprint density at radius 1 is 0.933 bits per heavy atom. The van der Waals surface area contributed by atoms with Gasteiger partial charge in [-0.1, -0.05) is 11.6 Å². The molecule has 2 aromatic carbocycles. The summed E-state index contributed by atoms with van der Waals surface area (Å²) in [6.07, 6.45) is 0. The number of anilines is 2. The first kappa shape index (κ1) is 22.0. The number of benzene rings is 2. The zero-order valence-electron chi connectivity index (χ0n) is 17.6. The van der Waals surface area contributed by atoms with Gasteiger partial charge in [0.05, 0.1) is 6.54 Å². The molecule has 7 heteroatoms. The Balaban J connectivity index is 1.46. The van der Waals surface area contributed by atoms with Crippen molar-refractivity contribution in [1.82, 2.24) is 10.2 Å². The lowest BCUT2D eigenvalue weighted by molar-refractivity contribution is -0.130. The molecule has 0 saturated carbocycles. The summed E-state index contributed by atoms with van der Waals surface area (Å²) in [5.74, 6) is -0.284. The molecule has 0 bridgehead atoms. The standard InChI is InChI=1S/C23H29ClN4O2/c1-3-26(4-2)20-9-5-18(6-10-20)23(30)25-17-22(29)28-15-13-27(14-16-28)21-11-7-19(24)8-12-21/h5-12H,3-4,13-17H2,1-2H3,(H,25,30). The van der Waals surface area contributed by atoms with Crippen LogP contribution in [0, 0.1) is 0 Å². The fourth-order valence-electron chi connectivity index (χ4n) is 3.65. The molecule has 0 spiro atoms. The molecule has 3 rings (SSSR count). The topological polar surface area (TPSA) is 55.9 Å². The monoisotopic (exact) mass is 428 g/mol. The molecule has 30 heavy (non-hydrogen) atoms. The molecule has 2 amide bonds. The van der Waals surface area contributed by atoms with Gasteiger partial charge in [0.15, 0.2) is 0 Å². The second-order valence-electron chi connectivity index (χ2n) is 7.25. The van der Waals surface area contributed by atoms with Crippen molar-refractivity contribution in [3.63, 3.8) is 0 Å². The number of nitrogens with zero attached hydrogens (tertiary/aromatic N) is 3.